The first-order valence-corrected chi connectivity index (χ1v) is 8.80. The molecule has 0 spiro atoms. The van der Waals surface area contributed by atoms with Gasteiger partial charge in [-0.05, 0) is 39.3 Å². The number of aryl methyl sites for hydroxylation is 3. The molecule has 0 radical (unpaired) electrons. The fourth-order valence-electron chi connectivity index (χ4n) is 3.38. The summed E-state index contributed by atoms with van der Waals surface area (Å²) in [5, 5.41) is 4.04. The van der Waals surface area contributed by atoms with Crippen LogP contribution in [0.3, 0.4) is 0 Å². The van der Waals surface area contributed by atoms with Crippen LogP contribution in [0.2, 0.25) is 0 Å². The second kappa shape index (κ2) is 6.46. The summed E-state index contributed by atoms with van der Waals surface area (Å²) >= 11 is 0. The van der Waals surface area contributed by atoms with Gasteiger partial charge in [-0.1, -0.05) is 29.4 Å². The van der Waals surface area contributed by atoms with Crippen molar-refractivity contribution < 1.29 is 9.32 Å². The van der Waals surface area contributed by atoms with Crippen molar-refractivity contribution in [2.45, 2.75) is 34.2 Å². The maximum atomic E-state index is 11.5. The lowest BCUT2D eigenvalue weighted by atomic mass is 10.1. The maximum Gasteiger partial charge on any atom is 0.177 e. The summed E-state index contributed by atoms with van der Waals surface area (Å²) in [5.74, 6) is 1.74. The number of Topliss-reactive ketones (excluding diaryl/α,β-unsaturated/α-hetero) is 1. The monoisotopic (exact) mass is 360 g/mol. The Morgan fingerprint density at radius 2 is 1.89 bits per heavy atom. The molecule has 0 amide bonds. The molecular formula is C21H20N4O2. The van der Waals surface area contributed by atoms with E-state index in [-0.39, 0.29) is 5.78 Å². The van der Waals surface area contributed by atoms with E-state index in [9.17, 15) is 4.79 Å². The lowest BCUT2D eigenvalue weighted by Crippen LogP contribution is -2.03. The molecule has 0 aliphatic rings. The van der Waals surface area contributed by atoms with Crippen molar-refractivity contribution in [2.75, 3.05) is 0 Å². The number of fused-ring (bicyclic) bond motifs is 1. The summed E-state index contributed by atoms with van der Waals surface area (Å²) in [6, 6.07) is 9.76. The number of carbonyl (C=O) groups is 1. The van der Waals surface area contributed by atoms with E-state index in [1.807, 2.05) is 51.2 Å². The molecule has 0 saturated heterocycles. The summed E-state index contributed by atoms with van der Waals surface area (Å²) in [6.07, 6.45) is 1.81. The number of rotatable bonds is 4. The Balaban J connectivity index is 1.77. The van der Waals surface area contributed by atoms with Crippen molar-refractivity contribution in [2.24, 2.45) is 0 Å². The Kier molecular flexibility index (Phi) is 4.11. The van der Waals surface area contributed by atoms with Crippen LogP contribution < -0.4 is 0 Å². The molecule has 0 N–H and O–H groups in total. The van der Waals surface area contributed by atoms with E-state index in [4.69, 9.17) is 4.52 Å². The van der Waals surface area contributed by atoms with Crippen molar-refractivity contribution in [1.29, 1.82) is 0 Å². The number of hydrogen-bond donors (Lipinski definition) is 0. The Bertz CT molecular complexity index is 1130. The Hall–Kier alpha value is -3.28. The standard InChI is InChI=1S/C21H20N4O2/c1-12-20(14(3)27-24-12)18-9-19-21(22-10-18)23-15(4)25(19)11-16-5-7-17(8-6-16)13(2)26/h5-10H,11H2,1-4H3. The number of carbonyl (C=O) groups excluding carboxylic acids is 1. The second-order valence-corrected chi connectivity index (χ2v) is 6.76. The van der Waals surface area contributed by atoms with Crippen molar-refractivity contribution in [1.82, 2.24) is 19.7 Å². The molecule has 6 heteroatoms. The van der Waals surface area contributed by atoms with Gasteiger partial charge in [0, 0.05) is 29.4 Å². The Morgan fingerprint density at radius 3 is 2.52 bits per heavy atom. The number of imidazole rings is 1. The highest BCUT2D eigenvalue weighted by atomic mass is 16.5. The normalized spacial score (nSPS) is 11.3. The molecule has 3 aromatic heterocycles. The van der Waals surface area contributed by atoms with Gasteiger partial charge in [0.05, 0.1) is 11.2 Å². The van der Waals surface area contributed by atoms with E-state index in [0.29, 0.717) is 17.8 Å². The highest BCUT2D eigenvalue weighted by Gasteiger charge is 2.15. The Morgan fingerprint density at radius 1 is 1.15 bits per heavy atom. The largest absolute Gasteiger partial charge is 0.361 e. The molecule has 27 heavy (non-hydrogen) atoms. The van der Waals surface area contributed by atoms with Crippen LogP contribution >= 0.6 is 0 Å². The topological polar surface area (TPSA) is 73.8 Å². The zero-order valence-electron chi connectivity index (χ0n) is 15.8. The number of aromatic nitrogens is 4. The van der Waals surface area contributed by atoms with E-state index < -0.39 is 0 Å². The molecule has 1 aromatic carbocycles. The SMILES string of the molecule is CC(=O)c1ccc(Cn2c(C)nc3ncc(-c4c(C)noc4C)cc32)cc1. The molecule has 0 saturated carbocycles. The molecular weight excluding hydrogens is 340 g/mol. The fourth-order valence-corrected chi connectivity index (χ4v) is 3.38. The molecule has 3 heterocycles. The first kappa shape index (κ1) is 17.1. The molecule has 0 atom stereocenters. The van der Waals surface area contributed by atoms with Gasteiger partial charge in [-0.3, -0.25) is 4.79 Å². The van der Waals surface area contributed by atoms with Crippen LogP contribution in [0.4, 0.5) is 0 Å². The zero-order chi connectivity index (χ0) is 19.1. The predicted octanol–water partition coefficient (Wildman–Crippen LogP) is 4.26. The number of pyridine rings is 1. The number of ketones is 1. The number of hydrogen-bond acceptors (Lipinski definition) is 5. The number of nitrogens with zero attached hydrogens (tertiary/aromatic N) is 4. The average molecular weight is 360 g/mol. The van der Waals surface area contributed by atoms with Gasteiger partial charge in [0.1, 0.15) is 11.6 Å². The fraction of sp³-hybridized carbons (Fsp3) is 0.238. The Labute approximate surface area is 156 Å². The summed E-state index contributed by atoms with van der Waals surface area (Å²) in [4.78, 5) is 20.6. The van der Waals surface area contributed by atoms with Crippen LogP contribution in [0.15, 0.2) is 41.1 Å². The molecule has 0 aliphatic carbocycles. The van der Waals surface area contributed by atoms with Crippen LogP contribution in [-0.2, 0) is 6.54 Å². The van der Waals surface area contributed by atoms with Gasteiger partial charge in [-0.2, -0.15) is 0 Å². The minimum absolute atomic E-state index is 0.0686. The van der Waals surface area contributed by atoms with Crippen LogP contribution in [-0.4, -0.2) is 25.5 Å². The first-order chi connectivity index (χ1) is 12.9. The quantitative estimate of drug-likeness (QED) is 0.508. The third kappa shape index (κ3) is 3.03. The highest BCUT2D eigenvalue weighted by molar-refractivity contribution is 5.94. The highest BCUT2D eigenvalue weighted by Crippen LogP contribution is 2.29. The van der Waals surface area contributed by atoms with Gasteiger partial charge in [0.15, 0.2) is 11.4 Å². The number of benzene rings is 1. The zero-order valence-corrected chi connectivity index (χ0v) is 15.8. The van der Waals surface area contributed by atoms with Crippen LogP contribution in [0.5, 0.6) is 0 Å². The lowest BCUT2D eigenvalue weighted by Gasteiger charge is -2.08. The lowest BCUT2D eigenvalue weighted by molar-refractivity contribution is 0.101. The summed E-state index contributed by atoms with van der Waals surface area (Å²) in [7, 11) is 0. The van der Waals surface area contributed by atoms with Gasteiger partial charge in [0.2, 0.25) is 0 Å². The molecule has 136 valence electrons. The van der Waals surface area contributed by atoms with Crippen molar-refractivity contribution in [3.63, 3.8) is 0 Å². The second-order valence-electron chi connectivity index (χ2n) is 6.76. The van der Waals surface area contributed by atoms with Crippen molar-refractivity contribution in [3.05, 3.63) is 64.9 Å². The predicted molar refractivity (Wildman–Crippen MR) is 103 cm³/mol. The summed E-state index contributed by atoms with van der Waals surface area (Å²) < 4.78 is 7.43. The summed E-state index contributed by atoms with van der Waals surface area (Å²) in [5.41, 5.74) is 6.27. The van der Waals surface area contributed by atoms with Crippen LogP contribution in [0.25, 0.3) is 22.3 Å². The molecule has 0 bridgehead atoms. The molecule has 4 rings (SSSR count). The van der Waals surface area contributed by atoms with Crippen LogP contribution in [0, 0.1) is 20.8 Å². The van der Waals surface area contributed by atoms with E-state index in [1.54, 1.807) is 6.92 Å². The minimum atomic E-state index is 0.0686. The van der Waals surface area contributed by atoms with Gasteiger partial charge in [-0.15, -0.1) is 0 Å². The molecule has 0 fully saturated rings. The van der Waals surface area contributed by atoms with Gasteiger partial charge in [-0.25, -0.2) is 9.97 Å². The average Bonchev–Trinajstić information content (AvgIpc) is 3.14. The first-order valence-electron chi connectivity index (χ1n) is 8.80. The minimum Gasteiger partial charge on any atom is -0.361 e. The summed E-state index contributed by atoms with van der Waals surface area (Å²) in [6.45, 7) is 8.03. The molecule has 0 aliphatic heterocycles. The van der Waals surface area contributed by atoms with Crippen LogP contribution in [0.1, 0.15) is 40.1 Å². The van der Waals surface area contributed by atoms with E-state index >= 15 is 0 Å². The third-order valence-electron chi connectivity index (χ3n) is 4.82. The molecule has 6 nitrogen and oxygen atoms in total. The van der Waals surface area contributed by atoms with Crippen molar-refractivity contribution in [3.8, 4) is 11.1 Å². The van der Waals surface area contributed by atoms with E-state index in [2.05, 4.69) is 25.8 Å². The molecule has 0 unspecified atom stereocenters. The van der Waals surface area contributed by atoms with Gasteiger partial charge < -0.3 is 9.09 Å². The van der Waals surface area contributed by atoms with Gasteiger partial charge >= 0.3 is 0 Å². The van der Waals surface area contributed by atoms with E-state index in [1.165, 1.54) is 0 Å². The maximum absolute atomic E-state index is 11.5. The smallest absolute Gasteiger partial charge is 0.177 e. The molecule has 4 aromatic rings. The van der Waals surface area contributed by atoms with Gasteiger partial charge in [0.25, 0.3) is 0 Å². The third-order valence-corrected chi connectivity index (χ3v) is 4.82. The van der Waals surface area contributed by atoms with E-state index in [0.717, 1.165) is 39.5 Å². The van der Waals surface area contributed by atoms with Crippen molar-refractivity contribution >= 4 is 16.9 Å².